The zero-order valence-electron chi connectivity index (χ0n) is 31.5. The number of rotatable bonds is 21. The Hall–Kier alpha value is -3.05. The van der Waals surface area contributed by atoms with Crippen molar-refractivity contribution in [3.05, 3.63) is 70.4 Å². The minimum Gasteiger partial charge on any atom is -0.481 e. The monoisotopic (exact) mass is 780 g/mol. The Balaban J connectivity index is 1.65. The Kier molecular flexibility index (Phi) is 14.5. The number of hydrogen-bond donors (Lipinski definition) is 3. The minimum absolute atomic E-state index is 0.0120. The number of hydrogen-bond acceptors (Lipinski definition) is 10. The highest BCUT2D eigenvalue weighted by atomic mass is 32.2. The molecule has 0 bridgehead atoms. The molecule has 296 valence electrons. The first kappa shape index (κ1) is 42.7. The van der Waals surface area contributed by atoms with Gasteiger partial charge in [0.2, 0.25) is 0 Å². The van der Waals surface area contributed by atoms with Crippen molar-refractivity contribution in [2.45, 2.75) is 88.0 Å². The summed E-state index contributed by atoms with van der Waals surface area (Å²) in [6.07, 6.45) is 14.5. The number of allylic oxidation sites excluding steroid dienone is 8. The molecule has 0 amide bonds. The molecule has 1 aliphatic carbocycles. The van der Waals surface area contributed by atoms with Gasteiger partial charge in [0.15, 0.2) is 0 Å². The van der Waals surface area contributed by atoms with E-state index in [1.165, 1.54) is 18.2 Å². The van der Waals surface area contributed by atoms with Gasteiger partial charge in [0.25, 0.3) is 20.2 Å². The van der Waals surface area contributed by atoms with Crippen LogP contribution in [0.25, 0.3) is 0 Å². The summed E-state index contributed by atoms with van der Waals surface area (Å²) in [5.41, 5.74) is 2.55. The van der Waals surface area contributed by atoms with E-state index in [9.17, 15) is 30.7 Å². The molecule has 4 rings (SSSR count). The van der Waals surface area contributed by atoms with Crippen molar-refractivity contribution in [3.63, 3.8) is 0 Å². The summed E-state index contributed by atoms with van der Waals surface area (Å²) in [4.78, 5) is 15.4. The van der Waals surface area contributed by atoms with E-state index in [1.807, 2.05) is 25.2 Å². The molecule has 0 aromatic heterocycles. The Morgan fingerprint density at radius 2 is 1.62 bits per heavy atom. The molecule has 0 saturated carbocycles. The first-order chi connectivity index (χ1) is 25.0. The van der Waals surface area contributed by atoms with E-state index in [-0.39, 0.29) is 40.0 Å². The van der Waals surface area contributed by atoms with Crippen molar-refractivity contribution in [2.75, 3.05) is 59.1 Å². The van der Waals surface area contributed by atoms with Gasteiger partial charge in [-0.1, -0.05) is 25.5 Å². The lowest BCUT2D eigenvalue weighted by Gasteiger charge is -2.38. The van der Waals surface area contributed by atoms with Crippen LogP contribution >= 0.6 is 0 Å². The average molecular weight is 781 g/mol. The summed E-state index contributed by atoms with van der Waals surface area (Å²) < 4.78 is 85.0. The lowest BCUT2D eigenvalue weighted by atomic mass is 9.68. The van der Waals surface area contributed by atoms with E-state index in [0.29, 0.717) is 65.0 Å². The second-order valence-electron chi connectivity index (χ2n) is 14.5. The van der Waals surface area contributed by atoms with Gasteiger partial charge >= 0.3 is 5.97 Å². The molecule has 15 heteroatoms. The fourth-order valence-corrected chi connectivity index (χ4v) is 9.48. The van der Waals surface area contributed by atoms with Gasteiger partial charge < -0.3 is 29.1 Å². The van der Waals surface area contributed by atoms with Crippen molar-refractivity contribution >= 4 is 31.9 Å². The second-order valence-corrected chi connectivity index (χ2v) is 17.4. The van der Waals surface area contributed by atoms with Crippen molar-refractivity contribution < 1.29 is 50.1 Å². The molecule has 4 atom stereocenters. The molecule has 3 N–H and O–H groups in total. The van der Waals surface area contributed by atoms with E-state index in [2.05, 4.69) is 22.8 Å². The van der Waals surface area contributed by atoms with Gasteiger partial charge in [-0.2, -0.15) is 16.8 Å². The van der Waals surface area contributed by atoms with Crippen LogP contribution in [0.4, 0.5) is 5.69 Å². The number of carboxylic acid groups (broad SMARTS) is 1. The van der Waals surface area contributed by atoms with Crippen molar-refractivity contribution in [2.24, 2.45) is 11.3 Å². The van der Waals surface area contributed by atoms with Crippen LogP contribution in [-0.4, -0.2) is 102 Å². The predicted octanol–water partition coefficient (Wildman–Crippen LogP) is 5.96. The van der Waals surface area contributed by atoms with Crippen molar-refractivity contribution in [3.8, 4) is 0 Å². The van der Waals surface area contributed by atoms with Crippen LogP contribution < -0.4 is 4.90 Å². The third-order valence-corrected chi connectivity index (χ3v) is 13.1. The van der Waals surface area contributed by atoms with E-state index in [4.69, 9.17) is 19.3 Å². The molecule has 1 saturated heterocycles. The molecule has 1 aromatic rings. The van der Waals surface area contributed by atoms with Gasteiger partial charge in [-0.15, -0.1) is 0 Å². The number of benzene rings is 1. The van der Waals surface area contributed by atoms with Crippen LogP contribution in [0.1, 0.15) is 77.2 Å². The number of nitrogens with zero attached hydrogens (tertiary/aromatic N) is 2. The SMILES string of the molecule is COCCN1C2=CC=C(S(=O)(=O)O)CC2C(C)(CCOC)C1CCC=CC=C1N(CCCCCC(=O)O)c2ccc(S(=O)(=O)O)cc2C1(C)CCOC. The number of anilines is 1. The summed E-state index contributed by atoms with van der Waals surface area (Å²) >= 11 is 0. The van der Waals surface area contributed by atoms with Crippen LogP contribution in [0.3, 0.4) is 0 Å². The third-order valence-electron chi connectivity index (χ3n) is 11.3. The maximum absolute atomic E-state index is 12.2. The lowest BCUT2D eigenvalue weighted by molar-refractivity contribution is -0.137. The van der Waals surface area contributed by atoms with Gasteiger partial charge in [0.1, 0.15) is 0 Å². The maximum atomic E-state index is 12.2. The number of carboxylic acids is 1. The predicted molar refractivity (Wildman–Crippen MR) is 203 cm³/mol. The molecule has 2 aliphatic heterocycles. The molecule has 13 nitrogen and oxygen atoms in total. The number of unbranched alkanes of at least 4 members (excludes halogenated alkanes) is 2. The van der Waals surface area contributed by atoms with Gasteiger partial charge in [-0.3, -0.25) is 13.9 Å². The number of carbonyl (C=O) groups is 1. The molecule has 0 radical (unpaired) electrons. The number of fused-ring (bicyclic) bond motifs is 2. The first-order valence-electron chi connectivity index (χ1n) is 18.1. The van der Waals surface area contributed by atoms with E-state index in [0.717, 1.165) is 35.5 Å². The highest BCUT2D eigenvalue weighted by Gasteiger charge is 2.53. The van der Waals surface area contributed by atoms with E-state index < -0.39 is 31.6 Å². The Morgan fingerprint density at radius 1 is 0.925 bits per heavy atom. The quantitative estimate of drug-likeness (QED) is 0.0984. The zero-order valence-corrected chi connectivity index (χ0v) is 33.1. The van der Waals surface area contributed by atoms with Crippen molar-refractivity contribution in [1.29, 1.82) is 0 Å². The molecular formula is C38H56N2O11S2. The highest BCUT2D eigenvalue weighted by Crippen LogP contribution is 2.55. The van der Waals surface area contributed by atoms with Crippen LogP contribution in [0.15, 0.2) is 69.8 Å². The fourth-order valence-electron chi connectivity index (χ4n) is 8.35. The first-order valence-corrected chi connectivity index (χ1v) is 21.0. The Bertz CT molecular complexity index is 1800. The van der Waals surface area contributed by atoms with E-state index >= 15 is 0 Å². The Morgan fingerprint density at radius 3 is 2.26 bits per heavy atom. The normalized spacial score (nSPS) is 25.2. The van der Waals surface area contributed by atoms with E-state index in [1.54, 1.807) is 27.4 Å². The minimum atomic E-state index is -4.45. The molecule has 1 fully saturated rings. The summed E-state index contributed by atoms with van der Waals surface area (Å²) in [5, 5.41) is 9.10. The Labute approximate surface area is 314 Å². The average Bonchev–Trinajstić information content (AvgIpc) is 3.47. The van der Waals surface area contributed by atoms with Crippen LogP contribution in [-0.2, 0) is 44.7 Å². The van der Waals surface area contributed by atoms with Crippen LogP contribution in [0.2, 0.25) is 0 Å². The number of aliphatic carboxylic acids is 1. The largest absolute Gasteiger partial charge is 0.481 e. The summed E-state index contributed by atoms with van der Waals surface area (Å²) in [5.74, 6) is -0.969. The zero-order chi connectivity index (χ0) is 39.0. The lowest BCUT2D eigenvalue weighted by Crippen LogP contribution is -2.41. The van der Waals surface area contributed by atoms with Gasteiger partial charge in [-0.05, 0) is 99.3 Å². The standard InChI is InChI=1S/C38H56N2O11S2/c1-37(19-23-49-3)30-26-28(52(43,44)45)15-17-32(30)39(21-11-7-10-14-36(41)42)34(37)12-8-6-9-13-35-38(2,20-24-50-4)31-27-29(53(46,47)48)16-18-33(31)40(35)22-25-51-5/h6,8,12,15-18,26,31,35H,7,9-11,13-14,19-25,27H2,1-5H3,(H,41,42)(H,43,44,45)(H,46,47,48). The molecular weight excluding hydrogens is 725 g/mol. The third kappa shape index (κ3) is 9.80. The van der Waals surface area contributed by atoms with Crippen LogP contribution in [0, 0.1) is 11.3 Å². The molecule has 0 spiro atoms. The summed E-state index contributed by atoms with van der Waals surface area (Å²) in [6.45, 7) is 6.82. The molecule has 3 aliphatic rings. The number of methoxy groups -OCH3 is 3. The summed E-state index contributed by atoms with van der Waals surface area (Å²) in [6, 6.07) is 4.69. The molecule has 4 unspecified atom stereocenters. The van der Waals surface area contributed by atoms with Crippen molar-refractivity contribution in [1.82, 2.24) is 4.90 Å². The van der Waals surface area contributed by atoms with Gasteiger partial charge in [0.05, 0.1) is 16.4 Å². The summed E-state index contributed by atoms with van der Waals surface area (Å²) in [7, 11) is -3.87. The molecule has 53 heavy (non-hydrogen) atoms. The maximum Gasteiger partial charge on any atom is 0.303 e. The van der Waals surface area contributed by atoms with Gasteiger partial charge in [0, 0.05) is 88.5 Å². The van der Waals surface area contributed by atoms with Gasteiger partial charge in [-0.25, -0.2) is 0 Å². The molecule has 2 heterocycles. The number of likely N-dealkylation sites (tertiary alicyclic amines) is 1. The molecule has 1 aromatic carbocycles. The highest BCUT2D eigenvalue weighted by molar-refractivity contribution is 7.89. The smallest absolute Gasteiger partial charge is 0.303 e. The topological polar surface area (TPSA) is 180 Å². The van der Waals surface area contributed by atoms with Crippen LogP contribution in [0.5, 0.6) is 0 Å². The fraction of sp³-hybridized carbons (Fsp3) is 0.605. The number of ether oxygens (including phenoxy) is 3. The second kappa shape index (κ2) is 18.1.